The van der Waals surface area contributed by atoms with Crippen LogP contribution >= 0.6 is 0 Å². The highest BCUT2D eigenvalue weighted by atomic mass is 16.6. The van der Waals surface area contributed by atoms with Crippen molar-refractivity contribution in [1.29, 1.82) is 0 Å². The van der Waals surface area contributed by atoms with E-state index in [1.807, 2.05) is 13.0 Å². The Morgan fingerprint density at radius 1 is 1.41 bits per heavy atom. The summed E-state index contributed by atoms with van der Waals surface area (Å²) >= 11 is 0. The van der Waals surface area contributed by atoms with E-state index in [1.165, 1.54) is 4.90 Å². The first-order chi connectivity index (χ1) is 10.1. The summed E-state index contributed by atoms with van der Waals surface area (Å²) in [5.41, 5.74) is -0.669. The zero-order valence-corrected chi connectivity index (χ0v) is 13.4. The zero-order chi connectivity index (χ0) is 16.5. The quantitative estimate of drug-likeness (QED) is 0.907. The molecule has 1 aromatic heterocycles. The highest BCUT2D eigenvalue weighted by molar-refractivity contribution is 5.76. The van der Waals surface area contributed by atoms with E-state index in [2.05, 4.69) is 4.98 Å². The maximum atomic E-state index is 12.2. The van der Waals surface area contributed by atoms with E-state index in [-0.39, 0.29) is 13.1 Å². The number of carboxylic acid groups (broad SMARTS) is 1. The van der Waals surface area contributed by atoms with E-state index in [9.17, 15) is 14.7 Å². The van der Waals surface area contributed by atoms with Gasteiger partial charge in [0.1, 0.15) is 5.60 Å². The average Bonchev–Trinajstić information content (AvgIpc) is 2.78. The van der Waals surface area contributed by atoms with Crippen molar-refractivity contribution in [3.63, 3.8) is 0 Å². The summed E-state index contributed by atoms with van der Waals surface area (Å²) in [6.45, 7) is 7.58. The third kappa shape index (κ3) is 3.21. The smallest absolute Gasteiger partial charge is 0.410 e. The SMILES string of the molecule is CC(C)(C)OC(=O)N1C[C@H](C(=O)O)[C@@](C)(c2ccccn2)C1. The number of hydrogen-bond donors (Lipinski definition) is 1. The van der Waals surface area contributed by atoms with Gasteiger partial charge < -0.3 is 14.7 Å². The number of nitrogens with zero attached hydrogens (tertiary/aromatic N) is 2. The second-order valence-electron chi connectivity index (χ2n) is 6.88. The third-order valence-corrected chi connectivity index (χ3v) is 3.89. The zero-order valence-electron chi connectivity index (χ0n) is 13.4. The summed E-state index contributed by atoms with van der Waals surface area (Å²) in [6, 6.07) is 5.40. The van der Waals surface area contributed by atoms with Crippen LogP contribution in [0, 0.1) is 5.92 Å². The van der Waals surface area contributed by atoms with Crippen LogP contribution in [0.25, 0.3) is 0 Å². The van der Waals surface area contributed by atoms with Gasteiger partial charge in [-0.2, -0.15) is 0 Å². The molecule has 1 N–H and O–H groups in total. The molecule has 1 aliphatic heterocycles. The van der Waals surface area contributed by atoms with Crippen LogP contribution in [0.4, 0.5) is 4.79 Å². The van der Waals surface area contributed by atoms with Crippen molar-refractivity contribution in [1.82, 2.24) is 9.88 Å². The summed E-state index contributed by atoms with van der Waals surface area (Å²) in [7, 11) is 0. The lowest BCUT2D eigenvalue weighted by Gasteiger charge is -2.28. The highest BCUT2D eigenvalue weighted by Crippen LogP contribution is 2.38. The fraction of sp³-hybridized carbons (Fsp3) is 0.562. The molecule has 0 bridgehead atoms. The molecular weight excluding hydrogens is 284 g/mol. The largest absolute Gasteiger partial charge is 0.481 e. The molecule has 0 aliphatic carbocycles. The Morgan fingerprint density at radius 2 is 2.09 bits per heavy atom. The van der Waals surface area contributed by atoms with Gasteiger partial charge >= 0.3 is 12.1 Å². The number of aliphatic carboxylic acids is 1. The number of pyridine rings is 1. The Hall–Kier alpha value is -2.11. The lowest BCUT2D eigenvalue weighted by molar-refractivity contribution is -0.142. The standard InChI is InChI=1S/C16H22N2O4/c1-15(2,3)22-14(21)18-9-11(13(19)20)16(4,10-18)12-7-5-6-8-17-12/h5-8,11H,9-10H2,1-4H3,(H,19,20)/t11-,16+/m1/s1. The summed E-state index contributed by atoms with van der Waals surface area (Å²) in [6.07, 6.45) is 1.15. The lowest BCUT2D eigenvalue weighted by Crippen LogP contribution is -2.38. The minimum absolute atomic E-state index is 0.122. The maximum Gasteiger partial charge on any atom is 0.410 e. The number of likely N-dealkylation sites (tertiary alicyclic amines) is 1. The van der Waals surface area contributed by atoms with Crippen LogP contribution in [-0.2, 0) is 14.9 Å². The molecule has 1 saturated heterocycles. The van der Waals surface area contributed by atoms with Crippen molar-refractivity contribution in [2.24, 2.45) is 5.92 Å². The van der Waals surface area contributed by atoms with Crippen molar-refractivity contribution in [3.05, 3.63) is 30.1 Å². The number of carboxylic acids is 1. The van der Waals surface area contributed by atoms with Gasteiger partial charge in [-0.1, -0.05) is 13.0 Å². The van der Waals surface area contributed by atoms with Crippen molar-refractivity contribution in [3.8, 4) is 0 Å². The van der Waals surface area contributed by atoms with Crippen molar-refractivity contribution in [2.75, 3.05) is 13.1 Å². The van der Waals surface area contributed by atoms with Crippen molar-refractivity contribution < 1.29 is 19.4 Å². The summed E-state index contributed by atoms with van der Waals surface area (Å²) in [5.74, 6) is -1.64. The molecule has 0 radical (unpaired) electrons. The van der Waals surface area contributed by atoms with E-state index < -0.39 is 29.0 Å². The fourth-order valence-electron chi connectivity index (χ4n) is 2.77. The number of ether oxygens (including phenoxy) is 1. The lowest BCUT2D eigenvalue weighted by atomic mass is 9.77. The van der Waals surface area contributed by atoms with Gasteiger partial charge in [0.2, 0.25) is 0 Å². The highest BCUT2D eigenvalue weighted by Gasteiger charge is 2.51. The predicted molar refractivity (Wildman–Crippen MR) is 80.5 cm³/mol. The Balaban J connectivity index is 2.28. The Kier molecular flexibility index (Phi) is 4.13. The van der Waals surface area contributed by atoms with Crippen LogP contribution in [0.3, 0.4) is 0 Å². The molecule has 1 fully saturated rings. The molecule has 6 heteroatoms. The molecule has 0 saturated carbocycles. The van der Waals surface area contributed by atoms with Gasteiger partial charge in [-0.25, -0.2) is 4.79 Å². The van der Waals surface area contributed by atoms with Crippen LogP contribution < -0.4 is 0 Å². The molecule has 22 heavy (non-hydrogen) atoms. The van der Waals surface area contributed by atoms with E-state index in [1.54, 1.807) is 39.1 Å². The van der Waals surface area contributed by atoms with Gasteiger partial charge in [0.25, 0.3) is 0 Å². The maximum absolute atomic E-state index is 12.2. The molecule has 0 aromatic carbocycles. The van der Waals surface area contributed by atoms with Gasteiger partial charge in [-0.3, -0.25) is 9.78 Å². The number of aromatic nitrogens is 1. The van der Waals surface area contributed by atoms with E-state index in [0.29, 0.717) is 5.69 Å². The van der Waals surface area contributed by atoms with E-state index in [4.69, 9.17) is 4.74 Å². The van der Waals surface area contributed by atoms with Crippen LogP contribution in [-0.4, -0.2) is 45.7 Å². The molecule has 6 nitrogen and oxygen atoms in total. The molecule has 2 rings (SSSR count). The molecule has 0 spiro atoms. The Bertz CT molecular complexity index is 567. The summed E-state index contributed by atoms with van der Waals surface area (Å²) in [4.78, 5) is 29.6. The minimum Gasteiger partial charge on any atom is -0.481 e. The van der Waals surface area contributed by atoms with Crippen LogP contribution in [0.5, 0.6) is 0 Å². The number of rotatable bonds is 2. The van der Waals surface area contributed by atoms with Crippen LogP contribution in [0.15, 0.2) is 24.4 Å². The van der Waals surface area contributed by atoms with E-state index in [0.717, 1.165) is 0 Å². The number of hydrogen-bond acceptors (Lipinski definition) is 4. The molecule has 120 valence electrons. The molecule has 2 heterocycles. The first kappa shape index (κ1) is 16.3. The number of carbonyl (C=O) groups excluding carboxylic acids is 1. The van der Waals surface area contributed by atoms with Gasteiger partial charge in [0.15, 0.2) is 0 Å². The normalized spacial score (nSPS) is 25.1. The topological polar surface area (TPSA) is 79.7 Å². The van der Waals surface area contributed by atoms with Gasteiger partial charge in [0.05, 0.1) is 5.92 Å². The fourth-order valence-corrected chi connectivity index (χ4v) is 2.77. The summed E-state index contributed by atoms with van der Waals surface area (Å²) < 4.78 is 5.35. The third-order valence-electron chi connectivity index (χ3n) is 3.89. The molecular formula is C16H22N2O4. The predicted octanol–water partition coefficient (Wildman–Crippen LogP) is 2.29. The molecule has 0 unspecified atom stereocenters. The molecule has 2 atom stereocenters. The van der Waals surface area contributed by atoms with Gasteiger partial charge in [-0.15, -0.1) is 0 Å². The Morgan fingerprint density at radius 3 is 2.59 bits per heavy atom. The van der Waals surface area contributed by atoms with Crippen LogP contribution in [0.1, 0.15) is 33.4 Å². The molecule has 1 aromatic rings. The summed E-state index contributed by atoms with van der Waals surface area (Å²) in [5, 5.41) is 9.54. The average molecular weight is 306 g/mol. The minimum atomic E-state index is -0.931. The molecule has 1 amide bonds. The van der Waals surface area contributed by atoms with Crippen LogP contribution in [0.2, 0.25) is 0 Å². The second-order valence-corrected chi connectivity index (χ2v) is 6.88. The number of amides is 1. The first-order valence-corrected chi connectivity index (χ1v) is 7.26. The Labute approximate surface area is 130 Å². The number of carbonyl (C=O) groups is 2. The van der Waals surface area contributed by atoms with Gasteiger partial charge in [-0.05, 0) is 32.9 Å². The van der Waals surface area contributed by atoms with Crippen molar-refractivity contribution in [2.45, 2.75) is 38.7 Å². The van der Waals surface area contributed by atoms with Gasteiger partial charge in [0, 0.05) is 30.4 Å². The van der Waals surface area contributed by atoms with E-state index >= 15 is 0 Å². The monoisotopic (exact) mass is 306 g/mol. The molecule has 1 aliphatic rings. The first-order valence-electron chi connectivity index (χ1n) is 7.26. The van der Waals surface area contributed by atoms with Crippen molar-refractivity contribution >= 4 is 12.1 Å². The second kappa shape index (κ2) is 5.59.